The Morgan fingerprint density at radius 2 is 0.651 bits per heavy atom. The summed E-state index contributed by atoms with van der Waals surface area (Å²) in [5, 5.41) is 0. The lowest BCUT2D eigenvalue weighted by Crippen LogP contribution is -2.08. The van der Waals surface area contributed by atoms with Gasteiger partial charge in [-0.05, 0) is 93.5 Å². The van der Waals surface area contributed by atoms with Gasteiger partial charge in [-0.15, -0.1) is 0 Å². The maximum absolute atomic E-state index is 12.6. The highest BCUT2D eigenvalue weighted by Gasteiger charge is 2.14. The van der Waals surface area contributed by atoms with Crippen molar-refractivity contribution < 1.29 is 13.2 Å². The van der Waals surface area contributed by atoms with Crippen LogP contribution in [-0.4, -0.2) is 0 Å². The van der Waals surface area contributed by atoms with Gasteiger partial charge in [0.25, 0.3) is 0 Å². The third-order valence-electron chi connectivity index (χ3n) is 8.62. The molecular weight excluding hydrogens is 537 g/mol. The predicted molar refractivity (Wildman–Crippen MR) is 181 cm³/mol. The summed E-state index contributed by atoms with van der Waals surface area (Å²) in [5.41, 5.74) is 5.04. The summed E-state index contributed by atoms with van der Waals surface area (Å²) in [6.07, 6.45) is 11.8. The Morgan fingerprint density at radius 3 is 0.907 bits per heavy atom. The quantitative estimate of drug-likeness (QED) is 0.242. The van der Waals surface area contributed by atoms with E-state index in [0.29, 0.717) is 16.7 Å². The molecule has 0 aliphatic heterocycles. The molecule has 43 heavy (non-hydrogen) atoms. The van der Waals surface area contributed by atoms with Gasteiger partial charge in [0.2, 0.25) is 0 Å². The molecule has 0 atom stereocenters. The summed E-state index contributed by atoms with van der Waals surface area (Å²) in [4.78, 5) is 0. The third-order valence-corrected chi connectivity index (χ3v) is 8.62. The highest BCUT2D eigenvalue weighted by molar-refractivity contribution is 5.24. The van der Waals surface area contributed by atoms with E-state index in [4.69, 9.17) is 0 Å². The van der Waals surface area contributed by atoms with Gasteiger partial charge < -0.3 is 0 Å². The van der Waals surface area contributed by atoms with Gasteiger partial charge in [0.05, 0.1) is 0 Å². The zero-order valence-electron chi connectivity index (χ0n) is 28.8. The second-order valence-electron chi connectivity index (χ2n) is 13.5. The van der Waals surface area contributed by atoms with Gasteiger partial charge in [0.15, 0.2) is 11.6 Å². The van der Waals surface area contributed by atoms with Crippen molar-refractivity contribution in [2.24, 2.45) is 23.7 Å². The minimum absolute atomic E-state index is 0.116. The summed E-state index contributed by atoms with van der Waals surface area (Å²) < 4.78 is 37.8. The minimum Gasteiger partial charge on any atom is -0.207 e. The lowest BCUT2D eigenvalue weighted by Gasteiger charge is -2.22. The maximum Gasteiger partial charge on any atom is 0.161 e. The van der Waals surface area contributed by atoms with Crippen LogP contribution in [0.2, 0.25) is 0 Å². The molecule has 2 saturated carbocycles. The van der Waals surface area contributed by atoms with E-state index in [9.17, 15) is 13.2 Å². The molecule has 2 fully saturated rings. The predicted octanol–water partition coefficient (Wildman–Crippen LogP) is 13.0. The molecule has 0 aromatic heterocycles. The number of hydrogen-bond acceptors (Lipinski definition) is 0. The van der Waals surface area contributed by atoms with Crippen LogP contribution in [-0.2, 0) is 0 Å². The van der Waals surface area contributed by atoms with Crippen molar-refractivity contribution in [1.82, 2.24) is 0 Å². The summed E-state index contributed by atoms with van der Waals surface area (Å²) in [7, 11) is 0. The van der Waals surface area contributed by atoms with Crippen LogP contribution < -0.4 is 0 Å². The lowest BCUT2D eigenvalue weighted by atomic mass is 9.84. The molecule has 3 aromatic rings. The van der Waals surface area contributed by atoms with Crippen molar-refractivity contribution in [2.45, 2.75) is 121 Å². The van der Waals surface area contributed by atoms with Gasteiger partial charge in [-0.2, -0.15) is 0 Å². The molecule has 0 nitrogen and oxygen atoms in total. The topological polar surface area (TPSA) is 0 Å². The van der Waals surface area contributed by atoms with Gasteiger partial charge in [-0.1, -0.05) is 139 Å². The zero-order valence-corrected chi connectivity index (χ0v) is 28.8. The van der Waals surface area contributed by atoms with Crippen LogP contribution in [0.4, 0.5) is 13.2 Å². The van der Waals surface area contributed by atoms with Gasteiger partial charge in [0, 0.05) is 0 Å². The van der Waals surface area contributed by atoms with E-state index in [1.165, 1.54) is 82.4 Å². The minimum atomic E-state index is -0.736. The van der Waals surface area contributed by atoms with Gasteiger partial charge >= 0.3 is 0 Å². The summed E-state index contributed by atoms with van der Waals surface area (Å²) in [6, 6.07) is 16.8. The van der Waals surface area contributed by atoms with E-state index in [-0.39, 0.29) is 5.82 Å². The fourth-order valence-electron chi connectivity index (χ4n) is 4.93. The third kappa shape index (κ3) is 16.8. The van der Waals surface area contributed by atoms with Crippen molar-refractivity contribution in [3.8, 4) is 0 Å². The van der Waals surface area contributed by atoms with E-state index in [1.807, 2.05) is 13.0 Å². The molecule has 0 spiro atoms. The van der Waals surface area contributed by atoms with Crippen molar-refractivity contribution >= 4 is 0 Å². The summed E-state index contributed by atoms with van der Waals surface area (Å²) in [5.74, 6) is 2.49. The van der Waals surface area contributed by atoms with E-state index >= 15 is 0 Å². The van der Waals surface area contributed by atoms with E-state index in [1.54, 1.807) is 25.1 Å². The standard InChI is InChI=1S/C8H8F2.C8H9F.2C8H16.C8H10/c1-5-3-4-6(2)8(10)7(5)9;1-6-3-4-7(2)8(9)5-6;3*1-7-3-5-8(2)6-4-7/h3-4H,1-2H3;3-5H,1-2H3;2*7-8H,3-6H2,1-2H3;3-6H,1-2H3. The molecule has 0 unspecified atom stereocenters. The van der Waals surface area contributed by atoms with Crippen LogP contribution in [0.25, 0.3) is 0 Å². The van der Waals surface area contributed by atoms with Crippen LogP contribution in [0, 0.1) is 82.7 Å². The fourth-order valence-corrected chi connectivity index (χ4v) is 4.93. The highest BCUT2D eigenvalue weighted by atomic mass is 19.2. The fraction of sp³-hybridized carbons (Fsp3) is 0.550. The first-order chi connectivity index (χ1) is 20.2. The summed E-state index contributed by atoms with van der Waals surface area (Å²) >= 11 is 0. The average Bonchev–Trinajstić information content (AvgIpc) is 2.98. The van der Waals surface area contributed by atoms with E-state index in [2.05, 4.69) is 65.8 Å². The van der Waals surface area contributed by atoms with Crippen LogP contribution >= 0.6 is 0 Å². The molecule has 0 radical (unpaired) electrons. The number of aryl methyl sites for hydroxylation is 6. The van der Waals surface area contributed by atoms with Gasteiger partial charge in [-0.3, -0.25) is 0 Å². The maximum atomic E-state index is 12.6. The van der Waals surface area contributed by atoms with Crippen molar-refractivity contribution in [2.75, 3.05) is 0 Å². The first-order valence-corrected chi connectivity index (χ1v) is 16.4. The van der Waals surface area contributed by atoms with Crippen molar-refractivity contribution in [3.05, 3.63) is 105 Å². The Hall–Kier alpha value is -2.55. The second kappa shape index (κ2) is 20.4. The number of hydrogen-bond donors (Lipinski definition) is 0. The SMILES string of the molecule is CC1CCC(C)CC1.CC1CCC(C)CC1.Cc1ccc(C)c(F)c1.Cc1ccc(C)c(F)c1F.Cc1ccc(C)cc1. The van der Waals surface area contributed by atoms with Crippen LogP contribution in [0.3, 0.4) is 0 Å². The largest absolute Gasteiger partial charge is 0.207 e. The average molecular weight is 597 g/mol. The molecule has 3 heteroatoms. The van der Waals surface area contributed by atoms with Gasteiger partial charge in [0.1, 0.15) is 5.82 Å². The normalized spacial score (nSPS) is 20.9. The molecule has 3 aromatic carbocycles. The molecule has 2 aliphatic rings. The Labute approximate surface area is 262 Å². The molecule has 0 saturated heterocycles. The molecular formula is C40H59F3. The van der Waals surface area contributed by atoms with Crippen LogP contribution in [0.15, 0.2) is 54.6 Å². The Morgan fingerprint density at radius 1 is 0.395 bits per heavy atom. The number of halogens is 3. The first-order valence-electron chi connectivity index (χ1n) is 16.4. The Bertz CT molecular complexity index is 1080. The molecule has 0 heterocycles. The zero-order chi connectivity index (χ0) is 32.5. The smallest absolute Gasteiger partial charge is 0.161 e. The molecule has 5 rings (SSSR count). The molecule has 2 aliphatic carbocycles. The van der Waals surface area contributed by atoms with E-state index < -0.39 is 11.6 Å². The van der Waals surface area contributed by atoms with Gasteiger partial charge in [-0.25, -0.2) is 13.2 Å². The van der Waals surface area contributed by atoms with Crippen molar-refractivity contribution in [3.63, 3.8) is 0 Å². The van der Waals surface area contributed by atoms with Crippen molar-refractivity contribution in [1.29, 1.82) is 0 Å². The van der Waals surface area contributed by atoms with Crippen LogP contribution in [0.1, 0.15) is 112 Å². The molecule has 0 bridgehead atoms. The Kier molecular flexibility index (Phi) is 18.3. The molecule has 240 valence electrons. The van der Waals surface area contributed by atoms with Crippen LogP contribution in [0.5, 0.6) is 0 Å². The first kappa shape index (κ1) is 38.5. The summed E-state index contributed by atoms with van der Waals surface area (Å²) in [6.45, 7) is 20.4. The molecule has 0 N–H and O–H groups in total. The number of rotatable bonds is 0. The molecule has 0 amide bonds. The Balaban J connectivity index is 0.000000269. The van der Waals surface area contributed by atoms with E-state index in [0.717, 1.165) is 29.2 Å². The highest BCUT2D eigenvalue weighted by Crippen LogP contribution is 2.28. The number of benzene rings is 3. The lowest BCUT2D eigenvalue weighted by molar-refractivity contribution is 0.308. The second-order valence-corrected chi connectivity index (χ2v) is 13.5. The monoisotopic (exact) mass is 596 g/mol.